The molecule has 94 valence electrons. The van der Waals surface area contributed by atoms with Gasteiger partial charge in [0.15, 0.2) is 6.29 Å². The third-order valence-electron chi connectivity index (χ3n) is 2.76. The lowest BCUT2D eigenvalue weighted by Crippen LogP contribution is -2.12. The van der Waals surface area contributed by atoms with Crippen LogP contribution < -0.4 is 5.32 Å². The van der Waals surface area contributed by atoms with Gasteiger partial charge in [0.05, 0.1) is 23.1 Å². The number of aromatic nitrogens is 3. The van der Waals surface area contributed by atoms with Crippen molar-refractivity contribution in [3.8, 4) is 0 Å². The molecule has 3 rings (SSSR count). The van der Waals surface area contributed by atoms with Gasteiger partial charge in [0, 0.05) is 5.69 Å². The van der Waals surface area contributed by atoms with Crippen molar-refractivity contribution in [2.45, 2.75) is 0 Å². The van der Waals surface area contributed by atoms with Gasteiger partial charge in [-0.15, -0.1) is 0 Å². The number of benzene rings is 1. The predicted molar refractivity (Wildman–Crippen MR) is 70.2 cm³/mol. The van der Waals surface area contributed by atoms with Gasteiger partial charge in [0.2, 0.25) is 0 Å². The summed E-state index contributed by atoms with van der Waals surface area (Å²) in [5.74, 6) is -0.299. The standard InChI is InChI=1S/C13H10N4O2/c18-6-9-2-4-11(16-9)13(19)17-8-1-3-10-12(5-8)15-7-14-10/h1-7,16H,(H,14,15)(H,17,19). The van der Waals surface area contributed by atoms with E-state index in [1.165, 1.54) is 0 Å². The van der Waals surface area contributed by atoms with Crippen LogP contribution in [0, 0.1) is 0 Å². The van der Waals surface area contributed by atoms with Crippen molar-refractivity contribution in [1.82, 2.24) is 15.0 Å². The molecule has 3 aromatic rings. The summed E-state index contributed by atoms with van der Waals surface area (Å²) in [6.07, 6.45) is 2.25. The summed E-state index contributed by atoms with van der Waals surface area (Å²) in [6.45, 7) is 0. The Kier molecular flexibility index (Phi) is 2.60. The van der Waals surface area contributed by atoms with E-state index in [4.69, 9.17) is 0 Å². The Morgan fingerprint density at radius 1 is 1.26 bits per heavy atom. The van der Waals surface area contributed by atoms with Crippen LogP contribution in [0.3, 0.4) is 0 Å². The van der Waals surface area contributed by atoms with Crippen LogP contribution in [0.25, 0.3) is 11.0 Å². The summed E-state index contributed by atoms with van der Waals surface area (Å²) < 4.78 is 0. The first-order valence-corrected chi connectivity index (χ1v) is 5.65. The number of amides is 1. The Morgan fingerprint density at radius 2 is 2.16 bits per heavy atom. The smallest absolute Gasteiger partial charge is 0.272 e. The minimum absolute atomic E-state index is 0.299. The SMILES string of the molecule is O=Cc1ccc(C(=O)Nc2ccc3nc[nH]c3c2)[nH]1. The average molecular weight is 254 g/mol. The lowest BCUT2D eigenvalue weighted by molar-refractivity contribution is 0.102. The number of carbonyl (C=O) groups excluding carboxylic acids is 2. The molecule has 6 heteroatoms. The Balaban J connectivity index is 1.83. The monoisotopic (exact) mass is 254 g/mol. The molecule has 0 fully saturated rings. The van der Waals surface area contributed by atoms with Gasteiger partial charge in [-0.05, 0) is 30.3 Å². The van der Waals surface area contributed by atoms with E-state index in [2.05, 4.69) is 20.3 Å². The number of imidazole rings is 1. The van der Waals surface area contributed by atoms with Crippen molar-refractivity contribution in [3.05, 3.63) is 48.0 Å². The maximum Gasteiger partial charge on any atom is 0.272 e. The fourth-order valence-electron chi connectivity index (χ4n) is 1.82. The van der Waals surface area contributed by atoms with Crippen LogP contribution in [0.2, 0.25) is 0 Å². The maximum absolute atomic E-state index is 11.9. The number of carbonyl (C=O) groups is 2. The molecule has 1 amide bonds. The highest BCUT2D eigenvalue weighted by atomic mass is 16.2. The third-order valence-corrected chi connectivity index (χ3v) is 2.76. The van der Waals surface area contributed by atoms with Crippen molar-refractivity contribution in [2.24, 2.45) is 0 Å². The Morgan fingerprint density at radius 3 is 2.95 bits per heavy atom. The molecule has 19 heavy (non-hydrogen) atoms. The Bertz CT molecular complexity index is 757. The summed E-state index contributed by atoms with van der Waals surface area (Å²) in [5.41, 5.74) is 3.05. The van der Waals surface area contributed by atoms with Gasteiger partial charge < -0.3 is 15.3 Å². The molecule has 0 bridgehead atoms. The number of rotatable bonds is 3. The van der Waals surface area contributed by atoms with Crippen LogP contribution in [-0.2, 0) is 0 Å². The second-order valence-electron chi connectivity index (χ2n) is 4.03. The molecule has 6 nitrogen and oxygen atoms in total. The number of aldehydes is 1. The van der Waals surface area contributed by atoms with E-state index in [9.17, 15) is 9.59 Å². The van der Waals surface area contributed by atoms with Gasteiger partial charge in [0.25, 0.3) is 5.91 Å². The first kappa shape index (κ1) is 11.2. The molecular weight excluding hydrogens is 244 g/mol. The third kappa shape index (κ3) is 2.11. The van der Waals surface area contributed by atoms with Gasteiger partial charge in [0.1, 0.15) is 5.69 Å². The summed E-state index contributed by atoms with van der Waals surface area (Å²) in [6, 6.07) is 8.50. The minimum Gasteiger partial charge on any atom is -0.348 e. The molecule has 0 saturated carbocycles. The number of nitrogens with one attached hydrogen (secondary N) is 3. The van der Waals surface area contributed by atoms with Crippen molar-refractivity contribution < 1.29 is 9.59 Å². The number of H-pyrrole nitrogens is 2. The van der Waals surface area contributed by atoms with Crippen molar-refractivity contribution in [2.75, 3.05) is 5.32 Å². The van der Waals surface area contributed by atoms with Crippen LogP contribution >= 0.6 is 0 Å². The molecule has 0 spiro atoms. The van der Waals surface area contributed by atoms with Gasteiger partial charge in [-0.25, -0.2) is 4.98 Å². The highest BCUT2D eigenvalue weighted by molar-refractivity contribution is 6.04. The first-order chi connectivity index (χ1) is 9.26. The zero-order chi connectivity index (χ0) is 13.2. The quantitative estimate of drug-likeness (QED) is 0.624. The van der Waals surface area contributed by atoms with E-state index < -0.39 is 0 Å². The van der Waals surface area contributed by atoms with Crippen LogP contribution in [0.15, 0.2) is 36.7 Å². The second-order valence-corrected chi connectivity index (χ2v) is 4.03. The first-order valence-electron chi connectivity index (χ1n) is 5.65. The fraction of sp³-hybridized carbons (Fsp3) is 0. The van der Waals surface area contributed by atoms with Crippen LogP contribution in [0.4, 0.5) is 5.69 Å². The van der Waals surface area contributed by atoms with Crippen LogP contribution in [0.5, 0.6) is 0 Å². The molecule has 0 aliphatic heterocycles. The normalized spacial score (nSPS) is 10.5. The van der Waals surface area contributed by atoms with E-state index in [-0.39, 0.29) is 5.91 Å². The van der Waals surface area contributed by atoms with E-state index >= 15 is 0 Å². The molecular formula is C13H10N4O2. The lowest BCUT2D eigenvalue weighted by atomic mass is 10.2. The zero-order valence-corrected chi connectivity index (χ0v) is 9.81. The van der Waals surface area contributed by atoms with Crippen LogP contribution in [-0.4, -0.2) is 27.1 Å². The highest BCUT2D eigenvalue weighted by Crippen LogP contribution is 2.16. The Hall–Kier alpha value is -2.89. The molecule has 0 unspecified atom stereocenters. The number of anilines is 1. The van der Waals surface area contributed by atoms with Gasteiger partial charge in [-0.2, -0.15) is 0 Å². The minimum atomic E-state index is -0.299. The van der Waals surface area contributed by atoms with Crippen molar-refractivity contribution in [1.29, 1.82) is 0 Å². The van der Waals surface area contributed by atoms with E-state index in [1.54, 1.807) is 30.6 Å². The van der Waals surface area contributed by atoms with Gasteiger partial charge in [-0.3, -0.25) is 9.59 Å². The molecule has 0 aliphatic rings. The number of hydrogen-bond acceptors (Lipinski definition) is 3. The van der Waals surface area contributed by atoms with Crippen molar-refractivity contribution >= 4 is 28.9 Å². The molecule has 1 aromatic carbocycles. The number of hydrogen-bond donors (Lipinski definition) is 3. The maximum atomic E-state index is 11.9. The zero-order valence-electron chi connectivity index (χ0n) is 9.81. The number of fused-ring (bicyclic) bond motifs is 1. The molecule has 2 heterocycles. The summed E-state index contributed by atoms with van der Waals surface area (Å²) >= 11 is 0. The molecule has 2 aromatic heterocycles. The largest absolute Gasteiger partial charge is 0.348 e. The molecule has 0 saturated heterocycles. The number of aromatic amines is 2. The molecule has 0 atom stereocenters. The Labute approximate surface area is 107 Å². The highest BCUT2D eigenvalue weighted by Gasteiger charge is 2.09. The summed E-state index contributed by atoms with van der Waals surface area (Å²) in [5, 5.41) is 2.74. The fourth-order valence-corrected chi connectivity index (χ4v) is 1.82. The van der Waals surface area contributed by atoms with Gasteiger partial charge >= 0.3 is 0 Å². The summed E-state index contributed by atoms with van der Waals surface area (Å²) in [7, 11) is 0. The topological polar surface area (TPSA) is 90.6 Å². The molecule has 0 aliphatic carbocycles. The van der Waals surface area contributed by atoms with Gasteiger partial charge in [-0.1, -0.05) is 0 Å². The van der Waals surface area contributed by atoms with Crippen LogP contribution in [0.1, 0.15) is 21.0 Å². The van der Waals surface area contributed by atoms with E-state index in [0.29, 0.717) is 23.4 Å². The van der Waals surface area contributed by atoms with Crippen molar-refractivity contribution in [3.63, 3.8) is 0 Å². The predicted octanol–water partition coefficient (Wildman–Crippen LogP) is 1.96. The molecule has 3 N–H and O–H groups in total. The molecule has 0 radical (unpaired) electrons. The van der Waals surface area contributed by atoms with E-state index in [0.717, 1.165) is 11.0 Å². The second kappa shape index (κ2) is 4.41. The number of nitrogens with zero attached hydrogens (tertiary/aromatic N) is 1. The van der Waals surface area contributed by atoms with E-state index in [1.807, 2.05) is 6.07 Å². The summed E-state index contributed by atoms with van der Waals surface area (Å²) in [4.78, 5) is 32.3. The average Bonchev–Trinajstić information content (AvgIpc) is 3.06. The lowest BCUT2D eigenvalue weighted by Gasteiger charge is -2.03.